The number of nitrogens with zero attached hydrogens (tertiary/aromatic N) is 1. The molecule has 1 rings (SSSR count). The lowest BCUT2D eigenvalue weighted by Crippen LogP contribution is -2.17. The second-order valence-corrected chi connectivity index (χ2v) is 5.50. The molecule has 0 saturated carbocycles. The molecule has 0 bridgehead atoms. The molecule has 9 heteroatoms. The summed E-state index contributed by atoms with van der Waals surface area (Å²) in [6.45, 7) is 0. The first kappa shape index (κ1) is 13.0. The normalized spacial score (nSPS) is 12.1. The van der Waals surface area contributed by atoms with Crippen LogP contribution in [-0.4, -0.2) is 13.4 Å². The summed E-state index contributed by atoms with van der Waals surface area (Å²) in [6.07, 6.45) is -2.98. The number of nitrogens with two attached hydrogens (primary N) is 1. The Morgan fingerprint density at radius 3 is 2.47 bits per heavy atom. The molecule has 15 heavy (non-hydrogen) atoms. The lowest BCUT2D eigenvalue weighted by Gasteiger charge is -2.07. The summed E-state index contributed by atoms with van der Waals surface area (Å²) in [4.78, 5) is 3.33. The number of alkyl halides is 2. The molecule has 1 aromatic rings. The van der Waals surface area contributed by atoms with Crippen molar-refractivity contribution in [1.82, 2.24) is 4.98 Å². The molecule has 4 nitrogen and oxygen atoms in total. The maximum Gasteiger partial charge on any atom is 0.266 e. The topological polar surface area (TPSA) is 73.1 Å². The molecule has 0 amide bonds. The molecule has 0 aliphatic heterocycles. The van der Waals surface area contributed by atoms with Gasteiger partial charge in [0, 0.05) is 0 Å². The van der Waals surface area contributed by atoms with E-state index in [4.69, 9.17) is 16.7 Å². The number of sulfonamides is 1. The molecule has 1 heterocycles. The van der Waals surface area contributed by atoms with Gasteiger partial charge >= 0.3 is 0 Å². The molecule has 0 spiro atoms. The fourth-order valence-electron chi connectivity index (χ4n) is 0.849. The molecule has 0 atom stereocenters. The van der Waals surface area contributed by atoms with Gasteiger partial charge in [0.2, 0.25) is 0 Å². The van der Waals surface area contributed by atoms with Crippen molar-refractivity contribution in [3.63, 3.8) is 0 Å². The third-order valence-corrected chi connectivity index (χ3v) is 3.73. The van der Waals surface area contributed by atoms with Crippen LogP contribution in [-0.2, 0) is 10.0 Å². The maximum atomic E-state index is 12.5. The van der Waals surface area contributed by atoms with Crippen molar-refractivity contribution in [2.24, 2.45) is 5.14 Å². The van der Waals surface area contributed by atoms with Gasteiger partial charge in [0.15, 0.2) is 5.03 Å². The largest absolute Gasteiger partial charge is 0.266 e. The van der Waals surface area contributed by atoms with Gasteiger partial charge in [-0.25, -0.2) is 27.3 Å². The molecular weight excluding hydrogens is 364 g/mol. The van der Waals surface area contributed by atoms with Crippen LogP contribution in [0.2, 0.25) is 5.15 Å². The Morgan fingerprint density at radius 2 is 2.07 bits per heavy atom. The van der Waals surface area contributed by atoms with Gasteiger partial charge in [-0.2, -0.15) is 0 Å². The van der Waals surface area contributed by atoms with Crippen LogP contribution >= 0.6 is 34.2 Å². The predicted octanol–water partition coefficient (Wildman–Crippen LogP) is 1.92. The molecule has 0 aliphatic rings. The predicted molar refractivity (Wildman–Crippen MR) is 58.3 cm³/mol. The minimum Gasteiger partial charge on any atom is -0.223 e. The fraction of sp³-hybridized carbons (Fsp3) is 0.167. The van der Waals surface area contributed by atoms with Crippen molar-refractivity contribution in [2.75, 3.05) is 0 Å². The van der Waals surface area contributed by atoms with Gasteiger partial charge in [-0.1, -0.05) is 11.6 Å². The molecule has 2 N–H and O–H groups in total. The van der Waals surface area contributed by atoms with Crippen LogP contribution in [0.1, 0.15) is 12.0 Å². The van der Waals surface area contributed by atoms with Crippen molar-refractivity contribution in [3.8, 4) is 0 Å². The second kappa shape index (κ2) is 4.44. The van der Waals surface area contributed by atoms with Crippen LogP contribution in [0.25, 0.3) is 0 Å². The summed E-state index contributed by atoms with van der Waals surface area (Å²) in [5.41, 5.74) is -0.744. The van der Waals surface area contributed by atoms with Crippen molar-refractivity contribution >= 4 is 44.2 Å². The number of primary sulfonamides is 1. The summed E-state index contributed by atoms with van der Waals surface area (Å²) >= 11 is 7.18. The molecule has 0 aromatic carbocycles. The summed E-state index contributed by atoms with van der Waals surface area (Å²) in [5.74, 6) is 0. The van der Waals surface area contributed by atoms with E-state index in [9.17, 15) is 17.2 Å². The van der Waals surface area contributed by atoms with E-state index >= 15 is 0 Å². The third-order valence-electron chi connectivity index (χ3n) is 1.43. The molecule has 0 radical (unpaired) electrons. The van der Waals surface area contributed by atoms with E-state index in [-0.39, 0.29) is 8.72 Å². The molecule has 0 aliphatic carbocycles. The van der Waals surface area contributed by atoms with Crippen LogP contribution in [0.4, 0.5) is 8.78 Å². The zero-order valence-corrected chi connectivity index (χ0v) is 10.6. The number of hydrogen-bond acceptors (Lipinski definition) is 3. The highest BCUT2D eigenvalue weighted by Crippen LogP contribution is 2.28. The van der Waals surface area contributed by atoms with E-state index in [0.29, 0.717) is 0 Å². The van der Waals surface area contributed by atoms with Crippen molar-refractivity contribution in [2.45, 2.75) is 11.5 Å². The Morgan fingerprint density at radius 1 is 1.53 bits per heavy atom. The highest BCUT2D eigenvalue weighted by atomic mass is 127. The van der Waals surface area contributed by atoms with Crippen molar-refractivity contribution in [3.05, 3.63) is 20.4 Å². The molecule has 84 valence electrons. The van der Waals surface area contributed by atoms with E-state index in [0.717, 1.165) is 6.07 Å². The van der Waals surface area contributed by atoms with E-state index < -0.39 is 27.0 Å². The smallest absolute Gasteiger partial charge is 0.223 e. The van der Waals surface area contributed by atoms with Gasteiger partial charge in [0.05, 0.1) is 9.13 Å². The SMILES string of the molecule is NS(=O)(=O)c1nc(Cl)c(I)cc1C(F)F. The lowest BCUT2D eigenvalue weighted by molar-refractivity contribution is 0.147. The third kappa shape index (κ3) is 2.95. The number of rotatable bonds is 2. The van der Waals surface area contributed by atoms with Gasteiger partial charge in [-0.15, -0.1) is 0 Å². The molecule has 0 saturated heterocycles. The Labute approximate surface area is 103 Å². The minimum absolute atomic E-state index is 0.177. The molecule has 1 aromatic heterocycles. The monoisotopic (exact) mass is 368 g/mol. The summed E-state index contributed by atoms with van der Waals surface area (Å²) < 4.78 is 47.0. The standard InChI is InChI=1S/C6H4ClF2IN2O2S/c7-4-3(10)1-2(5(8)9)6(12-4)15(11,13)14/h1,5H,(H2,11,13,14). The highest BCUT2D eigenvalue weighted by molar-refractivity contribution is 14.1. The van der Waals surface area contributed by atoms with Gasteiger partial charge < -0.3 is 0 Å². The Balaban J connectivity index is 3.56. The van der Waals surface area contributed by atoms with E-state index in [2.05, 4.69) is 4.98 Å². The zero-order chi connectivity index (χ0) is 11.8. The first-order valence-corrected chi connectivity index (χ1v) is 6.40. The second-order valence-electron chi connectivity index (χ2n) is 2.50. The molecule has 0 fully saturated rings. The number of pyridine rings is 1. The van der Waals surface area contributed by atoms with E-state index in [1.807, 2.05) is 0 Å². The average Bonchev–Trinajstić information content (AvgIpc) is 2.06. The maximum absolute atomic E-state index is 12.5. The van der Waals surface area contributed by atoms with Gasteiger partial charge in [-0.3, -0.25) is 0 Å². The van der Waals surface area contributed by atoms with Crippen LogP contribution < -0.4 is 5.14 Å². The quantitative estimate of drug-likeness (QED) is 0.640. The summed E-state index contributed by atoms with van der Waals surface area (Å²) in [7, 11) is -4.30. The number of halogens is 4. The molecule has 0 unspecified atom stereocenters. The lowest BCUT2D eigenvalue weighted by atomic mass is 10.3. The van der Waals surface area contributed by atoms with Gasteiger partial charge in [0.25, 0.3) is 16.4 Å². The first-order valence-electron chi connectivity index (χ1n) is 3.40. The summed E-state index contributed by atoms with van der Waals surface area (Å²) in [6, 6.07) is 0.945. The Hall–Kier alpha value is -0.0600. The van der Waals surface area contributed by atoms with Crippen molar-refractivity contribution < 1.29 is 17.2 Å². The Bertz CT molecular complexity index is 494. The van der Waals surface area contributed by atoms with Crippen LogP contribution in [0, 0.1) is 3.57 Å². The van der Waals surface area contributed by atoms with Gasteiger partial charge in [0.1, 0.15) is 5.15 Å². The number of hydrogen-bond donors (Lipinski definition) is 1. The van der Waals surface area contributed by atoms with Crippen LogP contribution in [0.5, 0.6) is 0 Å². The van der Waals surface area contributed by atoms with E-state index in [1.54, 1.807) is 22.6 Å². The first-order chi connectivity index (χ1) is 6.73. The van der Waals surface area contributed by atoms with Crippen LogP contribution in [0.15, 0.2) is 11.1 Å². The minimum atomic E-state index is -4.30. The Kier molecular flexibility index (Phi) is 3.85. The fourth-order valence-corrected chi connectivity index (χ4v) is 2.19. The van der Waals surface area contributed by atoms with Crippen molar-refractivity contribution in [1.29, 1.82) is 0 Å². The zero-order valence-electron chi connectivity index (χ0n) is 6.92. The van der Waals surface area contributed by atoms with Crippen LogP contribution in [0.3, 0.4) is 0 Å². The number of aromatic nitrogens is 1. The summed E-state index contributed by atoms with van der Waals surface area (Å²) in [5, 5.41) is 3.67. The van der Waals surface area contributed by atoms with Gasteiger partial charge in [-0.05, 0) is 28.7 Å². The van der Waals surface area contributed by atoms with E-state index in [1.165, 1.54) is 0 Å². The highest BCUT2D eigenvalue weighted by Gasteiger charge is 2.24. The average molecular weight is 369 g/mol. The molecular formula is C6H4ClF2IN2O2S.